The quantitative estimate of drug-likeness (QED) is 0.798. The molecule has 1 aromatic carbocycles. The summed E-state index contributed by atoms with van der Waals surface area (Å²) in [6.45, 7) is 7.89. The highest BCUT2D eigenvalue weighted by atomic mass is 16.5. The first-order valence-electron chi connectivity index (χ1n) is 7.87. The molecule has 1 unspecified atom stereocenters. The summed E-state index contributed by atoms with van der Waals surface area (Å²) in [5.74, 6) is 2.29. The van der Waals surface area contributed by atoms with Gasteiger partial charge in [0.1, 0.15) is 0 Å². The van der Waals surface area contributed by atoms with Gasteiger partial charge < -0.3 is 19.7 Å². The van der Waals surface area contributed by atoms with Gasteiger partial charge in [-0.15, -0.1) is 0 Å². The van der Waals surface area contributed by atoms with E-state index in [1.807, 2.05) is 12.1 Å². The third-order valence-corrected chi connectivity index (χ3v) is 4.06. The lowest BCUT2D eigenvalue weighted by Crippen LogP contribution is -2.31. The molecule has 2 rings (SSSR count). The predicted octanol–water partition coefficient (Wildman–Crippen LogP) is 2.53. The Balaban J connectivity index is 1.79. The van der Waals surface area contributed by atoms with Crippen LogP contribution in [0, 0.1) is 5.92 Å². The monoisotopic (exact) mass is 292 g/mol. The van der Waals surface area contributed by atoms with Gasteiger partial charge in [0.15, 0.2) is 11.5 Å². The summed E-state index contributed by atoms with van der Waals surface area (Å²) in [5.41, 5.74) is 1.14. The van der Waals surface area contributed by atoms with Crippen LogP contribution in [0.4, 0.5) is 0 Å². The molecule has 0 aromatic heterocycles. The number of nitrogens with zero attached hydrogens (tertiary/aromatic N) is 1. The van der Waals surface area contributed by atoms with Crippen LogP contribution < -0.4 is 14.8 Å². The number of hydrogen-bond acceptors (Lipinski definition) is 4. The van der Waals surface area contributed by atoms with E-state index in [0.717, 1.165) is 30.2 Å². The second-order valence-electron chi connectivity index (χ2n) is 5.90. The third-order valence-electron chi connectivity index (χ3n) is 4.06. The highest BCUT2D eigenvalue weighted by Gasteiger charge is 2.15. The van der Waals surface area contributed by atoms with E-state index in [1.165, 1.54) is 32.5 Å². The molecule has 0 amide bonds. The maximum absolute atomic E-state index is 5.46. The SMILES string of the molecule is COc1cccc(CNCC(C)CN2CCCC2)c1OC. The van der Waals surface area contributed by atoms with Crippen molar-refractivity contribution in [3.63, 3.8) is 0 Å². The van der Waals surface area contributed by atoms with E-state index < -0.39 is 0 Å². The summed E-state index contributed by atoms with van der Waals surface area (Å²) >= 11 is 0. The van der Waals surface area contributed by atoms with Crippen LogP contribution >= 0.6 is 0 Å². The second-order valence-corrected chi connectivity index (χ2v) is 5.90. The zero-order valence-corrected chi connectivity index (χ0v) is 13.5. The largest absolute Gasteiger partial charge is 0.493 e. The average Bonchev–Trinajstić information content (AvgIpc) is 2.99. The molecule has 1 aliphatic rings. The first kappa shape index (κ1) is 16.1. The van der Waals surface area contributed by atoms with E-state index in [4.69, 9.17) is 9.47 Å². The van der Waals surface area contributed by atoms with Crippen molar-refractivity contribution in [2.75, 3.05) is 40.4 Å². The van der Waals surface area contributed by atoms with Crippen molar-refractivity contribution in [2.45, 2.75) is 26.3 Å². The fraction of sp³-hybridized carbons (Fsp3) is 0.647. The molecule has 21 heavy (non-hydrogen) atoms. The van der Waals surface area contributed by atoms with Crippen LogP contribution in [0.2, 0.25) is 0 Å². The normalized spacial score (nSPS) is 16.9. The van der Waals surface area contributed by atoms with Crippen LogP contribution in [-0.2, 0) is 6.54 Å². The molecule has 1 aromatic rings. The number of para-hydroxylation sites is 1. The summed E-state index contributed by atoms with van der Waals surface area (Å²) in [4.78, 5) is 2.57. The van der Waals surface area contributed by atoms with Crippen molar-refractivity contribution in [3.8, 4) is 11.5 Å². The lowest BCUT2D eigenvalue weighted by Gasteiger charge is -2.21. The van der Waals surface area contributed by atoms with E-state index >= 15 is 0 Å². The summed E-state index contributed by atoms with van der Waals surface area (Å²) in [6, 6.07) is 6.02. The van der Waals surface area contributed by atoms with Crippen molar-refractivity contribution in [2.24, 2.45) is 5.92 Å². The fourth-order valence-electron chi connectivity index (χ4n) is 3.02. The first-order valence-corrected chi connectivity index (χ1v) is 7.87. The van der Waals surface area contributed by atoms with Crippen molar-refractivity contribution in [1.29, 1.82) is 0 Å². The summed E-state index contributed by atoms with van der Waals surface area (Å²) < 4.78 is 10.8. The van der Waals surface area contributed by atoms with Crippen LogP contribution in [0.3, 0.4) is 0 Å². The number of ether oxygens (including phenoxy) is 2. The van der Waals surface area contributed by atoms with Gasteiger partial charge in [-0.25, -0.2) is 0 Å². The summed E-state index contributed by atoms with van der Waals surface area (Å²) in [6.07, 6.45) is 2.72. The van der Waals surface area contributed by atoms with Gasteiger partial charge in [0.05, 0.1) is 14.2 Å². The molecule has 1 fully saturated rings. The molecule has 0 spiro atoms. The Labute approximate surface area is 128 Å². The summed E-state index contributed by atoms with van der Waals surface area (Å²) in [5, 5.41) is 3.54. The minimum absolute atomic E-state index is 0.666. The molecular formula is C17H28N2O2. The minimum Gasteiger partial charge on any atom is -0.493 e. The van der Waals surface area contributed by atoms with Gasteiger partial charge in [-0.2, -0.15) is 0 Å². The van der Waals surface area contributed by atoms with Gasteiger partial charge >= 0.3 is 0 Å². The molecule has 1 saturated heterocycles. The molecule has 0 radical (unpaired) electrons. The number of nitrogens with one attached hydrogen (secondary N) is 1. The standard InChI is InChI=1S/C17H28N2O2/c1-14(13-19-9-4-5-10-19)11-18-12-15-7-6-8-16(20-2)17(15)21-3/h6-8,14,18H,4-5,9-13H2,1-3H3. The Morgan fingerprint density at radius 3 is 2.62 bits per heavy atom. The lowest BCUT2D eigenvalue weighted by molar-refractivity contribution is 0.282. The Morgan fingerprint density at radius 1 is 1.19 bits per heavy atom. The molecule has 0 aliphatic carbocycles. The molecule has 0 bridgehead atoms. The van der Waals surface area contributed by atoms with E-state index in [0.29, 0.717) is 5.92 Å². The Hall–Kier alpha value is -1.26. The van der Waals surface area contributed by atoms with Gasteiger partial charge in [0.25, 0.3) is 0 Å². The molecule has 1 heterocycles. The lowest BCUT2D eigenvalue weighted by atomic mass is 10.1. The predicted molar refractivity (Wildman–Crippen MR) is 86.1 cm³/mol. The molecule has 1 N–H and O–H groups in total. The number of methoxy groups -OCH3 is 2. The topological polar surface area (TPSA) is 33.7 Å². The summed E-state index contributed by atoms with van der Waals surface area (Å²) in [7, 11) is 3.37. The molecule has 118 valence electrons. The molecule has 1 aliphatic heterocycles. The van der Waals surface area contributed by atoms with Crippen LogP contribution in [0.5, 0.6) is 11.5 Å². The third kappa shape index (κ3) is 4.61. The number of benzene rings is 1. The Kier molecular flexibility index (Phi) is 6.33. The van der Waals surface area contributed by atoms with Crippen LogP contribution in [0.15, 0.2) is 18.2 Å². The smallest absolute Gasteiger partial charge is 0.165 e. The zero-order valence-electron chi connectivity index (χ0n) is 13.5. The average molecular weight is 292 g/mol. The number of rotatable bonds is 8. The molecular weight excluding hydrogens is 264 g/mol. The molecule has 0 saturated carbocycles. The fourth-order valence-corrected chi connectivity index (χ4v) is 3.02. The number of likely N-dealkylation sites (tertiary alicyclic amines) is 1. The maximum atomic E-state index is 5.46. The first-order chi connectivity index (χ1) is 10.2. The van der Waals surface area contributed by atoms with Crippen molar-refractivity contribution in [3.05, 3.63) is 23.8 Å². The highest BCUT2D eigenvalue weighted by Crippen LogP contribution is 2.30. The second kappa shape index (κ2) is 8.25. The van der Waals surface area contributed by atoms with Gasteiger partial charge in [0.2, 0.25) is 0 Å². The Morgan fingerprint density at radius 2 is 1.95 bits per heavy atom. The minimum atomic E-state index is 0.666. The van der Waals surface area contributed by atoms with Crippen LogP contribution in [0.1, 0.15) is 25.3 Å². The van der Waals surface area contributed by atoms with Gasteiger partial charge in [-0.1, -0.05) is 19.1 Å². The zero-order chi connectivity index (χ0) is 15.1. The van der Waals surface area contributed by atoms with Crippen LogP contribution in [-0.4, -0.2) is 45.3 Å². The molecule has 4 nitrogen and oxygen atoms in total. The van der Waals surface area contributed by atoms with Crippen molar-refractivity contribution < 1.29 is 9.47 Å². The van der Waals surface area contributed by atoms with E-state index in [9.17, 15) is 0 Å². The van der Waals surface area contributed by atoms with E-state index in [2.05, 4.69) is 23.2 Å². The highest BCUT2D eigenvalue weighted by molar-refractivity contribution is 5.46. The van der Waals surface area contributed by atoms with E-state index in [1.54, 1.807) is 14.2 Å². The van der Waals surface area contributed by atoms with Crippen molar-refractivity contribution in [1.82, 2.24) is 10.2 Å². The van der Waals surface area contributed by atoms with Gasteiger partial charge in [-0.05, 0) is 44.5 Å². The number of hydrogen-bond donors (Lipinski definition) is 1. The Bertz CT molecular complexity index is 431. The van der Waals surface area contributed by atoms with Gasteiger partial charge in [-0.3, -0.25) is 0 Å². The molecule has 4 heteroatoms. The molecule has 1 atom stereocenters. The van der Waals surface area contributed by atoms with Crippen molar-refractivity contribution >= 4 is 0 Å². The van der Waals surface area contributed by atoms with E-state index in [-0.39, 0.29) is 0 Å². The van der Waals surface area contributed by atoms with Gasteiger partial charge in [0, 0.05) is 18.7 Å². The maximum Gasteiger partial charge on any atom is 0.165 e. The van der Waals surface area contributed by atoms with Crippen LogP contribution in [0.25, 0.3) is 0 Å².